The summed E-state index contributed by atoms with van der Waals surface area (Å²) in [7, 11) is -2.73. The molecule has 1 aromatic carbocycles. The number of nitrogens with one attached hydrogen (secondary N) is 1. The molecule has 12 heteroatoms. The largest absolute Gasteiger partial charge is 0.352 e. The summed E-state index contributed by atoms with van der Waals surface area (Å²) in [4.78, 5) is 16.0. The van der Waals surface area contributed by atoms with Crippen LogP contribution >= 0.6 is 0 Å². The summed E-state index contributed by atoms with van der Waals surface area (Å²) in [6.07, 6.45) is 1.53. The predicted octanol–water partition coefficient (Wildman–Crippen LogP) is 0.0628. The van der Waals surface area contributed by atoms with Crippen LogP contribution in [0, 0.1) is 5.82 Å². The molecule has 30 heavy (non-hydrogen) atoms. The molecule has 10 nitrogen and oxygen atoms in total. The number of piperazine rings is 1. The quantitative estimate of drug-likeness (QED) is 0.606. The number of sulfonamides is 1. The highest BCUT2D eigenvalue weighted by Gasteiger charge is 2.24. The Morgan fingerprint density at radius 1 is 1.17 bits per heavy atom. The first-order valence-corrected chi connectivity index (χ1v) is 10.8. The number of benzene rings is 1. The van der Waals surface area contributed by atoms with Crippen LogP contribution in [0.15, 0.2) is 41.6 Å². The van der Waals surface area contributed by atoms with Crippen LogP contribution in [0.4, 0.5) is 10.2 Å². The van der Waals surface area contributed by atoms with E-state index >= 15 is 0 Å². The molecule has 1 N–H and O–H groups in total. The second kappa shape index (κ2) is 7.95. The lowest BCUT2D eigenvalue weighted by atomic mass is 10.1. The summed E-state index contributed by atoms with van der Waals surface area (Å²) in [6.45, 7) is 2.22. The molecule has 3 heterocycles. The third-order valence-corrected chi connectivity index (χ3v) is 6.44. The van der Waals surface area contributed by atoms with Gasteiger partial charge >= 0.3 is 0 Å². The van der Waals surface area contributed by atoms with E-state index in [0.29, 0.717) is 37.4 Å². The number of carbonyl (C=O) groups excluding carboxylic acids is 1. The molecule has 2 aromatic heterocycles. The first-order chi connectivity index (χ1) is 14.4. The molecular formula is C18H20FN7O3S. The molecule has 158 valence electrons. The van der Waals surface area contributed by atoms with Crippen LogP contribution in [0.5, 0.6) is 0 Å². The fourth-order valence-electron chi connectivity index (χ4n) is 3.33. The Kier molecular flexibility index (Phi) is 5.35. The van der Waals surface area contributed by atoms with Crippen molar-refractivity contribution in [2.45, 2.75) is 11.3 Å². The zero-order valence-corrected chi connectivity index (χ0v) is 17.0. The number of carbonyl (C=O) groups is 1. The van der Waals surface area contributed by atoms with E-state index in [1.165, 1.54) is 25.5 Å². The SMILES string of the molecule is CNS(=O)(=O)c1cc(CC(=O)N2CCN(c3ccc4nncn4n3)CC2)ccc1F. The van der Waals surface area contributed by atoms with E-state index in [2.05, 4.69) is 24.9 Å². The Morgan fingerprint density at radius 2 is 1.93 bits per heavy atom. The number of aromatic nitrogens is 4. The highest BCUT2D eigenvalue weighted by Crippen LogP contribution is 2.18. The van der Waals surface area contributed by atoms with Crippen molar-refractivity contribution in [3.8, 4) is 0 Å². The fraction of sp³-hybridized carbons (Fsp3) is 0.333. The number of fused-ring (bicyclic) bond motifs is 1. The molecule has 0 spiro atoms. The molecule has 1 amide bonds. The zero-order valence-electron chi connectivity index (χ0n) is 16.2. The van der Waals surface area contributed by atoms with E-state index < -0.39 is 20.7 Å². The van der Waals surface area contributed by atoms with E-state index in [1.807, 2.05) is 12.1 Å². The van der Waals surface area contributed by atoms with E-state index in [-0.39, 0.29) is 12.3 Å². The number of hydrogen-bond acceptors (Lipinski definition) is 7. The van der Waals surface area contributed by atoms with Crippen LogP contribution < -0.4 is 9.62 Å². The summed E-state index contributed by atoms with van der Waals surface area (Å²) in [5, 5.41) is 12.2. The summed E-state index contributed by atoms with van der Waals surface area (Å²) in [5.41, 5.74) is 1.10. The van der Waals surface area contributed by atoms with Crippen LogP contribution in [0.25, 0.3) is 5.65 Å². The standard InChI is InChI=1S/C18H20FN7O3S/c1-20-30(28,29)15-10-13(2-3-14(15)19)11-18(27)25-8-6-24(7-9-25)17-5-4-16-22-21-12-26(16)23-17/h2-5,10,12,20H,6-9,11H2,1H3. The Bertz CT molecular complexity index is 1190. The summed E-state index contributed by atoms with van der Waals surface area (Å²) >= 11 is 0. The first kappa shape index (κ1) is 20.2. The van der Waals surface area contributed by atoms with Crippen molar-refractivity contribution in [3.63, 3.8) is 0 Å². The van der Waals surface area contributed by atoms with Gasteiger partial charge in [0.2, 0.25) is 15.9 Å². The number of hydrogen-bond donors (Lipinski definition) is 1. The minimum atomic E-state index is -3.94. The Morgan fingerprint density at radius 3 is 2.67 bits per heavy atom. The smallest absolute Gasteiger partial charge is 0.243 e. The van der Waals surface area contributed by atoms with E-state index in [0.717, 1.165) is 11.9 Å². The van der Waals surface area contributed by atoms with E-state index in [4.69, 9.17) is 0 Å². The van der Waals surface area contributed by atoms with Gasteiger partial charge in [-0.25, -0.2) is 17.5 Å². The highest BCUT2D eigenvalue weighted by atomic mass is 32.2. The van der Waals surface area contributed by atoms with Crippen LogP contribution in [0.1, 0.15) is 5.56 Å². The first-order valence-electron chi connectivity index (χ1n) is 9.29. The van der Waals surface area contributed by atoms with Crippen LogP contribution in [0.3, 0.4) is 0 Å². The molecular weight excluding hydrogens is 413 g/mol. The number of nitrogens with zero attached hydrogens (tertiary/aromatic N) is 6. The third kappa shape index (κ3) is 3.96. The van der Waals surface area contributed by atoms with Gasteiger partial charge in [-0.3, -0.25) is 4.79 Å². The molecule has 1 fully saturated rings. The second-order valence-electron chi connectivity index (χ2n) is 6.84. The van der Waals surface area contributed by atoms with Gasteiger partial charge in [0.1, 0.15) is 22.9 Å². The van der Waals surface area contributed by atoms with Gasteiger partial charge in [-0.1, -0.05) is 6.07 Å². The predicted molar refractivity (Wildman–Crippen MR) is 106 cm³/mol. The topological polar surface area (TPSA) is 113 Å². The average Bonchev–Trinajstić information content (AvgIpc) is 3.23. The van der Waals surface area contributed by atoms with Crippen LogP contribution in [-0.4, -0.2) is 72.3 Å². The molecule has 1 saturated heterocycles. The van der Waals surface area contributed by atoms with Gasteiger partial charge < -0.3 is 9.80 Å². The van der Waals surface area contributed by atoms with Gasteiger partial charge in [0.05, 0.1) is 6.42 Å². The van der Waals surface area contributed by atoms with Gasteiger partial charge in [0.25, 0.3) is 0 Å². The minimum Gasteiger partial charge on any atom is -0.352 e. The molecule has 1 aliphatic heterocycles. The summed E-state index contributed by atoms with van der Waals surface area (Å²) in [5.74, 6) is -0.224. The Balaban J connectivity index is 1.40. The maximum absolute atomic E-state index is 13.9. The molecule has 0 aliphatic carbocycles. The lowest BCUT2D eigenvalue weighted by molar-refractivity contribution is -0.130. The van der Waals surface area contributed by atoms with Crippen molar-refractivity contribution in [2.24, 2.45) is 0 Å². The maximum atomic E-state index is 13.9. The molecule has 3 aromatic rings. The van der Waals surface area contributed by atoms with Crippen LogP contribution in [-0.2, 0) is 21.2 Å². The molecule has 1 aliphatic rings. The monoisotopic (exact) mass is 433 g/mol. The van der Waals surface area contributed by atoms with Gasteiger partial charge in [-0.05, 0) is 36.9 Å². The molecule has 0 bridgehead atoms. The molecule has 0 radical (unpaired) electrons. The normalized spacial score (nSPS) is 15.0. The second-order valence-corrected chi connectivity index (χ2v) is 8.70. The number of rotatable bonds is 5. The number of amides is 1. The van der Waals surface area contributed by atoms with Crippen molar-refractivity contribution in [1.29, 1.82) is 0 Å². The van der Waals surface area contributed by atoms with E-state index in [9.17, 15) is 17.6 Å². The lowest BCUT2D eigenvalue weighted by Crippen LogP contribution is -2.49. The maximum Gasteiger partial charge on any atom is 0.243 e. The molecule has 0 atom stereocenters. The van der Waals surface area contributed by atoms with Gasteiger partial charge in [0.15, 0.2) is 5.65 Å². The average molecular weight is 433 g/mol. The minimum absolute atomic E-state index is 0.00255. The van der Waals surface area contributed by atoms with Crippen molar-refractivity contribution in [1.82, 2.24) is 29.4 Å². The van der Waals surface area contributed by atoms with Gasteiger partial charge in [-0.2, -0.15) is 4.52 Å². The summed E-state index contributed by atoms with van der Waals surface area (Å²) in [6, 6.07) is 7.39. The van der Waals surface area contributed by atoms with Crippen LogP contribution in [0.2, 0.25) is 0 Å². The highest BCUT2D eigenvalue weighted by molar-refractivity contribution is 7.89. The zero-order chi connectivity index (χ0) is 21.3. The van der Waals surface area contributed by atoms with Crippen molar-refractivity contribution < 1.29 is 17.6 Å². The third-order valence-electron chi connectivity index (χ3n) is 5.01. The van der Waals surface area contributed by atoms with Gasteiger partial charge in [0, 0.05) is 26.2 Å². The van der Waals surface area contributed by atoms with E-state index in [1.54, 1.807) is 9.42 Å². The molecule has 4 rings (SSSR count). The fourth-order valence-corrected chi connectivity index (χ4v) is 4.18. The van der Waals surface area contributed by atoms with Crippen molar-refractivity contribution >= 4 is 27.4 Å². The Hall–Kier alpha value is -3.12. The van der Waals surface area contributed by atoms with Gasteiger partial charge in [-0.15, -0.1) is 15.3 Å². The number of halogens is 1. The summed E-state index contributed by atoms with van der Waals surface area (Å²) < 4.78 is 41.4. The Labute approximate surface area is 172 Å². The van der Waals surface area contributed by atoms with Crippen molar-refractivity contribution in [3.05, 3.63) is 48.0 Å². The lowest BCUT2D eigenvalue weighted by Gasteiger charge is -2.35. The molecule has 0 unspecified atom stereocenters. The van der Waals surface area contributed by atoms with Crippen molar-refractivity contribution in [2.75, 3.05) is 38.1 Å². The number of anilines is 1. The molecule has 0 saturated carbocycles.